The Kier molecular flexibility index (Phi) is 5.14. The lowest BCUT2D eigenvalue weighted by molar-refractivity contribution is 0.0527. The molecule has 0 aromatic heterocycles. The van der Waals surface area contributed by atoms with Crippen LogP contribution < -0.4 is 10.1 Å². The van der Waals surface area contributed by atoms with Crippen LogP contribution in [0.3, 0.4) is 0 Å². The number of benzene rings is 2. The molecule has 22 heavy (non-hydrogen) atoms. The molecule has 0 radical (unpaired) electrons. The summed E-state index contributed by atoms with van der Waals surface area (Å²) in [5, 5.41) is 2.72. The smallest absolute Gasteiger partial charge is 0.340 e. The quantitative estimate of drug-likeness (QED) is 0.862. The van der Waals surface area contributed by atoms with Crippen LogP contribution in [0.1, 0.15) is 27.6 Å². The Morgan fingerprint density at radius 1 is 1.09 bits per heavy atom. The van der Waals surface area contributed by atoms with Gasteiger partial charge in [-0.3, -0.25) is 4.79 Å². The number of methoxy groups -OCH3 is 1. The zero-order valence-electron chi connectivity index (χ0n) is 12.5. The normalized spacial score (nSPS) is 9.91. The van der Waals surface area contributed by atoms with Crippen LogP contribution in [0, 0.1) is 0 Å². The molecule has 2 aromatic carbocycles. The van der Waals surface area contributed by atoms with E-state index in [9.17, 15) is 9.59 Å². The Labute approximate surface area is 128 Å². The summed E-state index contributed by atoms with van der Waals surface area (Å²) >= 11 is 0. The molecule has 0 saturated carbocycles. The van der Waals surface area contributed by atoms with Crippen molar-refractivity contribution in [1.29, 1.82) is 0 Å². The minimum atomic E-state index is -0.468. The Balaban J connectivity index is 2.23. The molecule has 0 spiro atoms. The number of para-hydroxylation sites is 1. The van der Waals surface area contributed by atoms with Gasteiger partial charge >= 0.3 is 5.97 Å². The van der Waals surface area contributed by atoms with Gasteiger partial charge in [0.05, 0.1) is 25.0 Å². The van der Waals surface area contributed by atoms with Crippen LogP contribution >= 0.6 is 0 Å². The van der Waals surface area contributed by atoms with E-state index in [2.05, 4.69) is 5.32 Å². The molecule has 2 rings (SSSR count). The summed E-state index contributed by atoms with van der Waals surface area (Å²) in [5.41, 5.74) is 1.17. The first-order valence-electron chi connectivity index (χ1n) is 6.87. The van der Waals surface area contributed by atoms with Crippen LogP contribution in [0.15, 0.2) is 48.5 Å². The van der Waals surface area contributed by atoms with E-state index in [-0.39, 0.29) is 12.5 Å². The number of carbonyl (C=O) groups is 2. The number of anilines is 1. The van der Waals surface area contributed by atoms with E-state index < -0.39 is 5.97 Å². The maximum absolute atomic E-state index is 12.3. The molecule has 0 aliphatic rings. The van der Waals surface area contributed by atoms with E-state index in [1.807, 2.05) is 0 Å². The fourth-order valence-electron chi connectivity index (χ4n) is 1.94. The zero-order chi connectivity index (χ0) is 15.9. The lowest BCUT2D eigenvalue weighted by atomic mass is 10.1. The number of hydrogen-bond donors (Lipinski definition) is 1. The summed E-state index contributed by atoms with van der Waals surface area (Å²) in [7, 11) is 1.53. The second-order valence-electron chi connectivity index (χ2n) is 4.45. The van der Waals surface area contributed by atoms with E-state index in [0.717, 1.165) is 0 Å². The van der Waals surface area contributed by atoms with Gasteiger partial charge in [-0.05, 0) is 37.3 Å². The highest BCUT2D eigenvalue weighted by Gasteiger charge is 2.15. The van der Waals surface area contributed by atoms with Crippen LogP contribution in [0.2, 0.25) is 0 Å². The molecule has 0 fully saturated rings. The number of ether oxygens (including phenoxy) is 2. The van der Waals surface area contributed by atoms with Crippen LogP contribution in [0.25, 0.3) is 0 Å². The topological polar surface area (TPSA) is 64.6 Å². The van der Waals surface area contributed by atoms with Gasteiger partial charge in [0.2, 0.25) is 0 Å². The van der Waals surface area contributed by atoms with Crippen LogP contribution in [0.5, 0.6) is 5.75 Å². The average Bonchev–Trinajstić information content (AvgIpc) is 2.55. The number of rotatable bonds is 5. The van der Waals surface area contributed by atoms with Crippen LogP contribution in [0.4, 0.5) is 5.69 Å². The SMILES string of the molecule is CCOC(=O)c1ccccc1NC(=O)c1cccc(OC)c1. The van der Waals surface area contributed by atoms with Gasteiger partial charge in [-0.25, -0.2) is 4.79 Å². The Morgan fingerprint density at radius 2 is 1.86 bits per heavy atom. The molecular formula is C17H17NO4. The summed E-state index contributed by atoms with van der Waals surface area (Å²) in [4.78, 5) is 24.2. The first-order valence-corrected chi connectivity index (χ1v) is 6.87. The third kappa shape index (κ3) is 3.63. The molecule has 0 bridgehead atoms. The summed E-state index contributed by atoms with van der Waals surface area (Å²) in [6.45, 7) is 2.01. The molecule has 0 unspecified atom stereocenters. The number of nitrogens with one attached hydrogen (secondary N) is 1. The monoisotopic (exact) mass is 299 g/mol. The highest BCUT2D eigenvalue weighted by Crippen LogP contribution is 2.19. The predicted octanol–water partition coefficient (Wildman–Crippen LogP) is 3.12. The van der Waals surface area contributed by atoms with Crippen molar-refractivity contribution in [2.45, 2.75) is 6.92 Å². The van der Waals surface area contributed by atoms with E-state index in [1.165, 1.54) is 7.11 Å². The maximum atomic E-state index is 12.3. The predicted molar refractivity (Wildman–Crippen MR) is 83.3 cm³/mol. The number of amides is 1. The van der Waals surface area contributed by atoms with Crippen molar-refractivity contribution in [3.8, 4) is 5.75 Å². The van der Waals surface area contributed by atoms with Crippen molar-refractivity contribution in [1.82, 2.24) is 0 Å². The minimum Gasteiger partial charge on any atom is -0.497 e. The van der Waals surface area contributed by atoms with Crippen molar-refractivity contribution in [3.05, 3.63) is 59.7 Å². The van der Waals surface area contributed by atoms with Gasteiger partial charge in [0.25, 0.3) is 5.91 Å². The van der Waals surface area contributed by atoms with E-state index in [4.69, 9.17) is 9.47 Å². The average molecular weight is 299 g/mol. The fraction of sp³-hybridized carbons (Fsp3) is 0.176. The molecule has 2 aromatic rings. The molecule has 0 heterocycles. The van der Waals surface area contributed by atoms with Gasteiger partial charge in [0, 0.05) is 5.56 Å². The van der Waals surface area contributed by atoms with Crippen LogP contribution in [-0.4, -0.2) is 25.6 Å². The van der Waals surface area contributed by atoms with Gasteiger partial charge in [0.1, 0.15) is 5.75 Å². The third-order valence-corrected chi connectivity index (χ3v) is 3.00. The molecule has 114 valence electrons. The van der Waals surface area contributed by atoms with E-state index >= 15 is 0 Å². The number of hydrogen-bond acceptors (Lipinski definition) is 4. The minimum absolute atomic E-state index is 0.275. The lowest BCUT2D eigenvalue weighted by Gasteiger charge is -2.10. The zero-order valence-corrected chi connectivity index (χ0v) is 12.5. The standard InChI is InChI=1S/C17H17NO4/c1-3-22-17(20)14-9-4-5-10-15(14)18-16(19)12-7-6-8-13(11-12)21-2/h4-11H,3H2,1-2H3,(H,18,19). The molecule has 0 saturated heterocycles. The van der Waals surface area contributed by atoms with Gasteiger partial charge in [-0.1, -0.05) is 18.2 Å². The number of carbonyl (C=O) groups excluding carboxylic acids is 2. The lowest BCUT2D eigenvalue weighted by Crippen LogP contribution is -2.15. The van der Waals surface area contributed by atoms with Crippen molar-refractivity contribution in [2.75, 3.05) is 19.0 Å². The van der Waals surface area contributed by atoms with E-state index in [0.29, 0.717) is 22.6 Å². The van der Waals surface area contributed by atoms with Gasteiger partial charge < -0.3 is 14.8 Å². The molecule has 0 aliphatic heterocycles. The Hall–Kier alpha value is -2.82. The summed E-state index contributed by atoms with van der Waals surface area (Å²) in [6, 6.07) is 13.5. The molecule has 0 aliphatic carbocycles. The first-order chi connectivity index (χ1) is 10.7. The van der Waals surface area contributed by atoms with Crippen LogP contribution in [-0.2, 0) is 4.74 Å². The van der Waals surface area contributed by atoms with E-state index in [1.54, 1.807) is 55.5 Å². The number of esters is 1. The highest BCUT2D eigenvalue weighted by atomic mass is 16.5. The van der Waals surface area contributed by atoms with Crippen molar-refractivity contribution in [2.24, 2.45) is 0 Å². The summed E-state index contributed by atoms with van der Waals surface area (Å²) in [6.07, 6.45) is 0. The van der Waals surface area contributed by atoms with Gasteiger partial charge in [-0.2, -0.15) is 0 Å². The van der Waals surface area contributed by atoms with Gasteiger partial charge in [-0.15, -0.1) is 0 Å². The molecule has 5 nitrogen and oxygen atoms in total. The van der Waals surface area contributed by atoms with Crippen molar-refractivity contribution < 1.29 is 19.1 Å². The van der Waals surface area contributed by atoms with Gasteiger partial charge in [0.15, 0.2) is 0 Å². The Morgan fingerprint density at radius 3 is 2.59 bits per heavy atom. The largest absolute Gasteiger partial charge is 0.497 e. The first kappa shape index (κ1) is 15.6. The fourth-order valence-corrected chi connectivity index (χ4v) is 1.94. The highest BCUT2D eigenvalue weighted by molar-refractivity contribution is 6.08. The molecule has 5 heteroatoms. The Bertz CT molecular complexity index is 682. The second-order valence-corrected chi connectivity index (χ2v) is 4.45. The molecule has 1 N–H and O–H groups in total. The maximum Gasteiger partial charge on any atom is 0.340 e. The van der Waals surface area contributed by atoms with Crippen molar-refractivity contribution in [3.63, 3.8) is 0 Å². The molecule has 1 amide bonds. The third-order valence-electron chi connectivity index (χ3n) is 3.00. The molecular weight excluding hydrogens is 282 g/mol. The molecule has 0 atom stereocenters. The van der Waals surface area contributed by atoms with Crippen molar-refractivity contribution >= 4 is 17.6 Å². The summed E-state index contributed by atoms with van der Waals surface area (Å²) in [5.74, 6) is -0.203. The summed E-state index contributed by atoms with van der Waals surface area (Å²) < 4.78 is 10.1. The second kappa shape index (κ2) is 7.26.